The van der Waals surface area contributed by atoms with Crippen LogP contribution in [0.4, 0.5) is 5.69 Å². The Labute approximate surface area is 95.6 Å². The predicted octanol–water partition coefficient (Wildman–Crippen LogP) is 1.89. The van der Waals surface area contributed by atoms with E-state index in [1.165, 1.54) is 4.90 Å². The number of aliphatic carboxylic acids is 1. The smallest absolute Gasteiger partial charge is 0.312 e. The largest absolute Gasteiger partial charge is 0.481 e. The number of carboxylic acids is 1. The lowest BCUT2D eigenvalue weighted by atomic mass is 10.3. The molecule has 4 nitrogen and oxygen atoms in total. The van der Waals surface area contributed by atoms with Gasteiger partial charge in [0, 0.05) is 11.5 Å². The van der Waals surface area contributed by atoms with Crippen molar-refractivity contribution in [2.75, 3.05) is 11.9 Å². The van der Waals surface area contributed by atoms with E-state index < -0.39 is 18.3 Å². The van der Waals surface area contributed by atoms with Crippen molar-refractivity contribution >= 4 is 33.5 Å². The van der Waals surface area contributed by atoms with E-state index >= 15 is 0 Å². The molecular formula is C10H10BrNO3. The quantitative estimate of drug-likeness (QED) is 0.855. The van der Waals surface area contributed by atoms with Crippen molar-refractivity contribution in [1.82, 2.24) is 0 Å². The van der Waals surface area contributed by atoms with E-state index in [0.717, 1.165) is 4.47 Å². The Morgan fingerprint density at radius 2 is 2.00 bits per heavy atom. The molecule has 1 rings (SSSR count). The molecule has 0 radical (unpaired) electrons. The SMILES string of the molecule is CN(C(=O)CC(=O)O)c1ccccc1Br. The molecule has 0 atom stereocenters. The Morgan fingerprint density at radius 1 is 1.40 bits per heavy atom. The van der Waals surface area contributed by atoms with Gasteiger partial charge < -0.3 is 10.0 Å². The van der Waals surface area contributed by atoms with Gasteiger partial charge in [-0.2, -0.15) is 0 Å². The Hall–Kier alpha value is -1.36. The first-order valence-electron chi connectivity index (χ1n) is 4.25. The molecule has 1 aromatic rings. The number of para-hydroxylation sites is 1. The number of amides is 1. The minimum absolute atomic E-state index is 0.450. The zero-order valence-electron chi connectivity index (χ0n) is 8.11. The molecule has 0 aliphatic carbocycles. The van der Waals surface area contributed by atoms with Crippen LogP contribution in [0.5, 0.6) is 0 Å². The maximum Gasteiger partial charge on any atom is 0.312 e. The van der Waals surface area contributed by atoms with Crippen molar-refractivity contribution < 1.29 is 14.7 Å². The molecule has 0 heterocycles. The molecule has 0 saturated heterocycles. The lowest BCUT2D eigenvalue weighted by Gasteiger charge is -2.17. The maximum atomic E-state index is 11.4. The van der Waals surface area contributed by atoms with Crippen LogP contribution < -0.4 is 4.90 Å². The van der Waals surface area contributed by atoms with Crippen molar-refractivity contribution in [3.05, 3.63) is 28.7 Å². The number of halogens is 1. The van der Waals surface area contributed by atoms with Crippen molar-refractivity contribution in [3.63, 3.8) is 0 Å². The van der Waals surface area contributed by atoms with Gasteiger partial charge in [0.2, 0.25) is 5.91 Å². The average molecular weight is 272 g/mol. The number of hydrogen-bond donors (Lipinski definition) is 1. The van der Waals surface area contributed by atoms with Crippen LogP contribution in [0.25, 0.3) is 0 Å². The number of carboxylic acid groups (broad SMARTS) is 1. The second kappa shape index (κ2) is 4.93. The highest BCUT2D eigenvalue weighted by molar-refractivity contribution is 9.10. The van der Waals surface area contributed by atoms with Gasteiger partial charge in [-0.05, 0) is 28.1 Å². The van der Waals surface area contributed by atoms with Crippen molar-refractivity contribution in [2.45, 2.75) is 6.42 Å². The number of rotatable bonds is 3. The molecule has 15 heavy (non-hydrogen) atoms. The first kappa shape index (κ1) is 11.7. The molecule has 0 aromatic heterocycles. The first-order valence-corrected chi connectivity index (χ1v) is 5.04. The first-order chi connectivity index (χ1) is 7.02. The van der Waals surface area contributed by atoms with Crippen molar-refractivity contribution in [3.8, 4) is 0 Å². The van der Waals surface area contributed by atoms with Gasteiger partial charge in [0.25, 0.3) is 0 Å². The lowest BCUT2D eigenvalue weighted by molar-refractivity contribution is -0.140. The molecule has 0 spiro atoms. The van der Waals surface area contributed by atoms with Crippen LogP contribution in [0.3, 0.4) is 0 Å². The summed E-state index contributed by atoms with van der Waals surface area (Å²) in [6.45, 7) is 0. The molecule has 1 N–H and O–H groups in total. The van der Waals surface area contributed by atoms with E-state index in [1.807, 2.05) is 6.07 Å². The third kappa shape index (κ3) is 3.06. The summed E-state index contributed by atoms with van der Waals surface area (Å²) < 4.78 is 0.756. The van der Waals surface area contributed by atoms with Crippen molar-refractivity contribution in [2.24, 2.45) is 0 Å². The number of carbonyl (C=O) groups is 2. The summed E-state index contributed by atoms with van der Waals surface area (Å²) >= 11 is 3.29. The van der Waals surface area contributed by atoms with Gasteiger partial charge in [-0.25, -0.2) is 0 Å². The molecule has 0 fully saturated rings. The molecule has 0 aliphatic rings. The second-order valence-corrected chi connectivity index (χ2v) is 3.83. The van der Waals surface area contributed by atoms with Crippen LogP contribution in [0.2, 0.25) is 0 Å². The van der Waals surface area contributed by atoms with E-state index in [4.69, 9.17) is 5.11 Å². The molecule has 0 saturated carbocycles. The molecule has 0 unspecified atom stereocenters. The standard InChI is InChI=1S/C10H10BrNO3/c1-12(9(13)6-10(14)15)8-5-3-2-4-7(8)11/h2-5H,6H2,1H3,(H,14,15). The van der Waals surface area contributed by atoms with Gasteiger partial charge in [-0.1, -0.05) is 12.1 Å². The molecule has 0 bridgehead atoms. The van der Waals surface area contributed by atoms with Crippen molar-refractivity contribution in [1.29, 1.82) is 0 Å². The summed E-state index contributed by atoms with van der Waals surface area (Å²) in [6, 6.07) is 7.14. The summed E-state index contributed by atoms with van der Waals surface area (Å²) in [5, 5.41) is 8.49. The topological polar surface area (TPSA) is 57.6 Å². The highest BCUT2D eigenvalue weighted by Gasteiger charge is 2.15. The van der Waals surface area contributed by atoms with E-state index in [9.17, 15) is 9.59 Å². The normalized spacial score (nSPS) is 9.73. The molecule has 80 valence electrons. The fourth-order valence-electron chi connectivity index (χ4n) is 1.11. The zero-order chi connectivity index (χ0) is 11.4. The molecule has 5 heteroatoms. The Balaban J connectivity index is 2.85. The number of hydrogen-bond acceptors (Lipinski definition) is 2. The van der Waals surface area contributed by atoms with Gasteiger partial charge in [0.15, 0.2) is 0 Å². The third-order valence-electron chi connectivity index (χ3n) is 1.89. The molecule has 1 amide bonds. The van der Waals surface area contributed by atoms with Crippen LogP contribution in [0, 0.1) is 0 Å². The molecular weight excluding hydrogens is 262 g/mol. The van der Waals surface area contributed by atoms with Gasteiger partial charge in [-0.15, -0.1) is 0 Å². The monoisotopic (exact) mass is 271 g/mol. The van der Waals surface area contributed by atoms with Gasteiger partial charge >= 0.3 is 5.97 Å². The lowest BCUT2D eigenvalue weighted by Crippen LogP contribution is -2.28. The number of benzene rings is 1. The van der Waals surface area contributed by atoms with Gasteiger partial charge in [-0.3, -0.25) is 9.59 Å². The maximum absolute atomic E-state index is 11.4. The Morgan fingerprint density at radius 3 is 2.53 bits per heavy atom. The fourth-order valence-corrected chi connectivity index (χ4v) is 1.66. The highest BCUT2D eigenvalue weighted by atomic mass is 79.9. The van der Waals surface area contributed by atoms with Gasteiger partial charge in [0.05, 0.1) is 5.69 Å². The van der Waals surface area contributed by atoms with E-state index in [0.29, 0.717) is 5.69 Å². The molecule has 0 aliphatic heterocycles. The Kier molecular flexibility index (Phi) is 3.85. The van der Waals surface area contributed by atoms with E-state index in [2.05, 4.69) is 15.9 Å². The minimum atomic E-state index is -1.13. The average Bonchev–Trinajstić information content (AvgIpc) is 2.16. The molecule has 1 aromatic carbocycles. The summed E-state index contributed by atoms with van der Waals surface area (Å²) in [5.74, 6) is -1.58. The highest BCUT2D eigenvalue weighted by Crippen LogP contribution is 2.24. The summed E-state index contributed by atoms with van der Waals surface area (Å²) in [6.07, 6.45) is -0.502. The minimum Gasteiger partial charge on any atom is -0.481 e. The second-order valence-electron chi connectivity index (χ2n) is 2.97. The summed E-state index contributed by atoms with van der Waals surface area (Å²) in [5.41, 5.74) is 0.656. The number of anilines is 1. The third-order valence-corrected chi connectivity index (χ3v) is 2.56. The number of nitrogens with zero attached hydrogens (tertiary/aromatic N) is 1. The van der Waals surface area contributed by atoms with E-state index in [-0.39, 0.29) is 0 Å². The van der Waals surface area contributed by atoms with Crippen LogP contribution in [0.15, 0.2) is 28.7 Å². The summed E-state index contributed by atoms with van der Waals surface area (Å²) in [7, 11) is 1.55. The summed E-state index contributed by atoms with van der Waals surface area (Å²) in [4.78, 5) is 23.1. The van der Waals surface area contributed by atoms with Crippen LogP contribution >= 0.6 is 15.9 Å². The fraction of sp³-hybridized carbons (Fsp3) is 0.200. The van der Waals surface area contributed by atoms with E-state index in [1.54, 1.807) is 25.2 Å². The zero-order valence-corrected chi connectivity index (χ0v) is 9.69. The number of carbonyl (C=O) groups excluding carboxylic acids is 1. The van der Waals surface area contributed by atoms with Crippen LogP contribution in [0.1, 0.15) is 6.42 Å². The van der Waals surface area contributed by atoms with Gasteiger partial charge in [0.1, 0.15) is 6.42 Å². The Bertz CT molecular complexity index is 392. The van der Waals surface area contributed by atoms with Crippen LogP contribution in [-0.2, 0) is 9.59 Å². The predicted molar refractivity (Wildman–Crippen MR) is 59.8 cm³/mol. The van der Waals surface area contributed by atoms with Crippen LogP contribution in [-0.4, -0.2) is 24.0 Å².